The third kappa shape index (κ3) is 6.97. The maximum atomic E-state index is 13.1. The lowest BCUT2D eigenvalue weighted by Crippen LogP contribution is -2.69. The summed E-state index contributed by atoms with van der Waals surface area (Å²) in [5, 5.41) is 7.25. The van der Waals surface area contributed by atoms with E-state index in [-0.39, 0.29) is 16.7 Å². The molecule has 2 heterocycles. The lowest BCUT2D eigenvalue weighted by molar-refractivity contribution is -0.143. The number of aromatic nitrogens is 3. The molecule has 3 fully saturated rings. The zero-order chi connectivity index (χ0) is 25.1. The van der Waals surface area contributed by atoms with Crippen molar-refractivity contribution in [3.8, 4) is 0 Å². The Hall–Kier alpha value is -1.67. The number of carbonyl (C=O) groups excluding carboxylic acids is 1. The predicted octanol–water partition coefficient (Wildman–Crippen LogP) is 4.79. The first-order chi connectivity index (χ1) is 16.6. The van der Waals surface area contributed by atoms with Crippen LogP contribution in [0.25, 0.3) is 0 Å². The van der Waals surface area contributed by atoms with Crippen LogP contribution in [0.3, 0.4) is 0 Å². The minimum absolute atomic E-state index is 0.109. The number of halogens is 1. The van der Waals surface area contributed by atoms with E-state index in [0.717, 1.165) is 45.2 Å². The van der Waals surface area contributed by atoms with Gasteiger partial charge in [0, 0.05) is 37.3 Å². The van der Waals surface area contributed by atoms with Crippen LogP contribution in [-0.2, 0) is 4.79 Å². The highest BCUT2D eigenvalue weighted by Crippen LogP contribution is 2.28. The molecule has 2 saturated carbocycles. The van der Waals surface area contributed by atoms with Gasteiger partial charge in [0.25, 0.3) is 0 Å². The van der Waals surface area contributed by atoms with Crippen molar-refractivity contribution in [2.24, 2.45) is 0 Å². The lowest BCUT2D eigenvalue weighted by Gasteiger charge is -2.47. The first-order valence-corrected chi connectivity index (χ1v) is 14.0. The molecule has 2 N–H and O–H groups in total. The van der Waals surface area contributed by atoms with E-state index in [0.29, 0.717) is 30.5 Å². The molecule has 196 valence electrons. The second kappa shape index (κ2) is 11.2. The number of nitrogens with zero attached hydrogens (tertiary/aromatic N) is 5. The van der Waals surface area contributed by atoms with Gasteiger partial charge in [0.1, 0.15) is 0 Å². The first-order valence-electron chi connectivity index (χ1n) is 13.7. The summed E-state index contributed by atoms with van der Waals surface area (Å²) in [6.07, 6.45) is 13.0. The van der Waals surface area contributed by atoms with Gasteiger partial charge in [-0.25, -0.2) is 0 Å². The Morgan fingerprint density at radius 3 is 2.34 bits per heavy atom. The van der Waals surface area contributed by atoms with Gasteiger partial charge in [-0.2, -0.15) is 15.0 Å². The summed E-state index contributed by atoms with van der Waals surface area (Å²) in [6, 6.07) is 0.806. The van der Waals surface area contributed by atoms with E-state index in [1.165, 1.54) is 38.5 Å². The number of rotatable bonds is 8. The molecule has 8 nitrogen and oxygen atoms in total. The number of piperazine rings is 1. The molecule has 0 radical (unpaired) electrons. The number of hydrogen-bond donors (Lipinski definition) is 2. The summed E-state index contributed by atoms with van der Waals surface area (Å²) in [7, 11) is 0. The highest BCUT2D eigenvalue weighted by Gasteiger charge is 2.43. The summed E-state index contributed by atoms with van der Waals surface area (Å²) in [5.41, 5.74) is -0.659. The highest BCUT2D eigenvalue weighted by molar-refractivity contribution is 6.28. The Bertz CT molecular complexity index is 865. The Balaban J connectivity index is 1.47. The second-order valence-electron chi connectivity index (χ2n) is 11.9. The van der Waals surface area contributed by atoms with Crippen molar-refractivity contribution in [3.63, 3.8) is 0 Å². The second-order valence-corrected chi connectivity index (χ2v) is 12.2. The molecule has 0 atom stereocenters. The fourth-order valence-corrected chi connectivity index (χ4v) is 6.45. The summed E-state index contributed by atoms with van der Waals surface area (Å²) in [4.78, 5) is 31.2. The molecule has 0 aromatic carbocycles. The topological polar surface area (TPSA) is 86.3 Å². The Kier molecular flexibility index (Phi) is 8.41. The summed E-state index contributed by atoms with van der Waals surface area (Å²) < 4.78 is 0. The zero-order valence-electron chi connectivity index (χ0n) is 22.1. The van der Waals surface area contributed by atoms with E-state index < -0.39 is 5.54 Å². The number of nitrogens with one attached hydrogen (secondary N) is 2. The molecule has 3 aliphatic rings. The van der Waals surface area contributed by atoms with Crippen molar-refractivity contribution in [1.29, 1.82) is 0 Å². The maximum Gasteiger partial charge on any atom is 0.242 e. The molecule has 1 saturated heterocycles. The molecule has 0 unspecified atom stereocenters. The molecular formula is C26H44ClN7O. The zero-order valence-corrected chi connectivity index (χ0v) is 22.8. The van der Waals surface area contributed by atoms with Crippen LogP contribution in [0, 0.1) is 0 Å². The number of anilines is 2. The van der Waals surface area contributed by atoms with Crippen LogP contribution in [0.2, 0.25) is 5.28 Å². The van der Waals surface area contributed by atoms with Gasteiger partial charge in [-0.05, 0) is 71.4 Å². The Morgan fingerprint density at radius 2 is 1.66 bits per heavy atom. The molecule has 9 heteroatoms. The van der Waals surface area contributed by atoms with Crippen LogP contribution in [-0.4, -0.2) is 68.6 Å². The van der Waals surface area contributed by atoms with Crippen LogP contribution < -0.4 is 15.5 Å². The Morgan fingerprint density at radius 1 is 1.00 bits per heavy atom. The molecule has 1 aromatic heterocycles. The van der Waals surface area contributed by atoms with Crippen molar-refractivity contribution in [3.05, 3.63) is 5.28 Å². The number of carbonyl (C=O) groups is 1. The van der Waals surface area contributed by atoms with Crippen molar-refractivity contribution in [2.45, 2.75) is 121 Å². The van der Waals surface area contributed by atoms with E-state index in [2.05, 4.69) is 39.3 Å². The predicted molar refractivity (Wildman–Crippen MR) is 142 cm³/mol. The van der Waals surface area contributed by atoms with E-state index in [4.69, 9.17) is 16.6 Å². The quantitative estimate of drug-likeness (QED) is 0.525. The van der Waals surface area contributed by atoms with Crippen molar-refractivity contribution >= 4 is 29.4 Å². The van der Waals surface area contributed by atoms with E-state index in [1.807, 2.05) is 18.7 Å². The number of amides is 1. The van der Waals surface area contributed by atoms with Gasteiger partial charge in [-0.1, -0.05) is 38.5 Å². The minimum Gasteiger partial charge on any atom is -0.351 e. The van der Waals surface area contributed by atoms with Crippen molar-refractivity contribution in [1.82, 2.24) is 25.2 Å². The molecule has 35 heavy (non-hydrogen) atoms. The molecule has 4 rings (SSSR count). The summed E-state index contributed by atoms with van der Waals surface area (Å²) in [6.45, 7) is 10.5. The van der Waals surface area contributed by atoms with Crippen molar-refractivity contribution < 1.29 is 4.79 Å². The molecular weight excluding hydrogens is 462 g/mol. The van der Waals surface area contributed by atoms with Crippen LogP contribution in [0.15, 0.2) is 0 Å². The Labute approximate surface area is 216 Å². The SMILES string of the molecule is CC1(C)CN(CCCN(c2nc(Cl)nc(NC3CCCCC3)n2)C2CCCCC2)C(=O)C(C)(C)N1. The first kappa shape index (κ1) is 26.4. The standard InChI is InChI=1S/C26H44ClN7O/c1-25(2)18-33(21(35)26(3,4)32-25)16-11-17-34(20-14-9-6-10-15-20)24-30-22(27)29-23(31-24)28-19-12-7-5-8-13-19/h19-20,32H,5-18H2,1-4H3,(H,28,29,30,31). The normalized spacial score (nSPS) is 23.3. The largest absolute Gasteiger partial charge is 0.351 e. The maximum absolute atomic E-state index is 13.1. The number of hydrogen-bond acceptors (Lipinski definition) is 7. The van der Waals surface area contributed by atoms with E-state index in [9.17, 15) is 4.79 Å². The molecule has 1 amide bonds. The average molecular weight is 506 g/mol. The van der Waals surface area contributed by atoms with Crippen LogP contribution in [0.4, 0.5) is 11.9 Å². The fourth-order valence-electron chi connectivity index (χ4n) is 6.30. The lowest BCUT2D eigenvalue weighted by atomic mass is 9.90. The third-order valence-corrected chi connectivity index (χ3v) is 7.86. The molecule has 1 aliphatic heterocycles. The van der Waals surface area contributed by atoms with E-state index in [1.54, 1.807) is 0 Å². The van der Waals surface area contributed by atoms with Crippen LogP contribution in [0.5, 0.6) is 0 Å². The summed E-state index contributed by atoms with van der Waals surface area (Å²) >= 11 is 6.40. The average Bonchev–Trinajstić information content (AvgIpc) is 2.80. The molecule has 1 aromatic rings. The van der Waals surface area contributed by atoms with Gasteiger partial charge in [0.2, 0.25) is 23.1 Å². The molecule has 0 bridgehead atoms. The fraction of sp³-hybridized carbons (Fsp3) is 0.846. The van der Waals surface area contributed by atoms with Gasteiger partial charge >= 0.3 is 0 Å². The van der Waals surface area contributed by atoms with Gasteiger partial charge in [-0.15, -0.1) is 0 Å². The smallest absolute Gasteiger partial charge is 0.242 e. The van der Waals surface area contributed by atoms with Gasteiger partial charge in [0.05, 0.1) is 5.54 Å². The molecule has 2 aliphatic carbocycles. The van der Waals surface area contributed by atoms with Gasteiger partial charge in [-0.3, -0.25) is 10.1 Å². The monoisotopic (exact) mass is 505 g/mol. The van der Waals surface area contributed by atoms with Crippen LogP contribution in [0.1, 0.15) is 98.3 Å². The van der Waals surface area contributed by atoms with Crippen molar-refractivity contribution in [2.75, 3.05) is 29.9 Å². The third-order valence-electron chi connectivity index (χ3n) is 7.69. The van der Waals surface area contributed by atoms with Gasteiger partial charge in [0.15, 0.2) is 0 Å². The van der Waals surface area contributed by atoms with E-state index >= 15 is 0 Å². The molecule has 0 spiro atoms. The summed E-state index contributed by atoms with van der Waals surface area (Å²) in [5.74, 6) is 1.43. The van der Waals surface area contributed by atoms with Crippen LogP contribution >= 0.6 is 11.6 Å². The highest BCUT2D eigenvalue weighted by atomic mass is 35.5. The minimum atomic E-state index is -0.549. The van der Waals surface area contributed by atoms with Gasteiger partial charge < -0.3 is 15.1 Å².